The highest BCUT2D eigenvalue weighted by molar-refractivity contribution is 5.90. The van der Waals surface area contributed by atoms with E-state index in [0.29, 0.717) is 0 Å². The summed E-state index contributed by atoms with van der Waals surface area (Å²) in [5.41, 5.74) is 7.46. The third kappa shape index (κ3) is 1.19. The van der Waals surface area contributed by atoms with Crippen molar-refractivity contribution >= 4 is 11.3 Å². The quantitative estimate of drug-likeness (QED) is 0.589. The topological polar surface area (TPSA) is 24.7 Å². The summed E-state index contributed by atoms with van der Waals surface area (Å²) in [7, 11) is 0. The van der Waals surface area contributed by atoms with Gasteiger partial charge in [0.2, 0.25) is 0 Å². The van der Waals surface area contributed by atoms with Crippen molar-refractivity contribution in [2.24, 2.45) is 9.98 Å². The van der Waals surface area contributed by atoms with Crippen LogP contribution in [0.4, 0.5) is 5.69 Å². The Balaban J connectivity index is 1.92. The summed E-state index contributed by atoms with van der Waals surface area (Å²) in [6.45, 7) is 0. The summed E-state index contributed by atoms with van der Waals surface area (Å²) >= 11 is 0. The second-order valence-corrected chi connectivity index (χ2v) is 5.40. The van der Waals surface area contributed by atoms with Crippen LogP contribution in [0.1, 0.15) is 18.4 Å². The van der Waals surface area contributed by atoms with Gasteiger partial charge in [-0.1, -0.05) is 24.3 Å². The molecule has 0 bridgehead atoms. The van der Waals surface area contributed by atoms with Crippen molar-refractivity contribution in [3.05, 3.63) is 70.5 Å². The maximum atomic E-state index is 4.78. The summed E-state index contributed by atoms with van der Waals surface area (Å²) in [4.78, 5) is 9.52. The van der Waals surface area contributed by atoms with Crippen molar-refractivity contribution in [2.45, 2.75) is 12.8 Å². The molecule has 2 heterocycles. The predicted molar refractivity (Wildman–Crippen MR) is 79.1 cm³/mol. The Kier molecular flexibility index (Phi) is 1.83. The summed E-state index contributed by atoms with van der Waals surface area (Å²) in [6, 6.07) is 12.6. The molecule has 20 heavy (non-hydrogen) atoms. The zero-order valence-electron chi connectivity index (χ0n) is 10.9. The minimum absolute atomic E-state index is 1.08. The Bertz CT molecular complexity index is 946. The van der Waals surface area contributed by atoms with Gasteiger partial charge >= 0.3 is 0 Å². The van der Waals surface area contributed by atoms with Gasteiger partial charge in [-0.2, -0.15) is 0 Å². The Labute approximate surface area is 116 Å². The summed E-state index contributed by atoms with van der Waals surface area (Å²) in [5.74, 6) is 0. The predicted octanol–water partition coefficient (Wildman–Crippen LogP) is 3.31. The van der Waals surface area contributed by atoms with E-state index in [1.165, 1.54) is 22.3 Å². The van der Waals surface area contributed by atoms with Gasteiger partial charge < -0.3 is 0 Å². The van der Waals surface area contributed by atoms with E-state index in [2.05, 4.69) is 42.5 Å². The van der Waals surface area contributed by atoms with Gasteiger partial charge in [-0.15, -0.1) is 0 Å². The lowest BCUT2D eigenvalue weighted by Crippen LogP contribution is -2.14. The van der Waals surface area contributed by atoms with Gasteiger partial charge in [-0.05, 0) is 42.7 Å². The van der Waals surface area contributed by atoms with Crippen LogP contribution in [-0.2, 0) is 0 Å². The Hall–Kier alpha value is -2.48. The zero-order chi connectivity index (χ0) is 13.1. The minimum Gasteiger partial charge on any atom is -0.248 e. The van der Waals surface area contributed by atoms with E-state index in [0.717, 1.165) is 34.9 Å². The average Bonchev–Trinajstić information content (AvgIpc) is 3.04. The van der Waals surface area contributed by atoms with E-state index in [9.17, 15) is 0 Å². The molecule has 0 unspecified atom stereocenters. The molecule has 0 saturated carbocycles. The number of hydrogen-bond donors (Lipinski definition) is 0. The van der Waals surface area contributed by atoms with Gasteiger partial charge in [0.25, 0.3) is 0 Å². The molecule has 94 valence electrons. The fourth-order valence-corrected chi connectivity index (χ4v) is 3.40. The molecule has 0 spiro atoms. The van der Waals surface area contributed by atoms with Crippen LogP contribution >= 0.6 is 0 Å². The van der Waals surface area contributed by atoms with Crippen LogP contribution in [0.15, 0.2) is 64.2 Å². The highest BCUT2D eigenvalue weighted by atomic mass is 14.8. The fraction of sp³-hybridized carbons (Fsp3) is 0.111. The van der Waals surface area contributed by atoms with E-state index in [1.54, 1.807) is 0 Å². The largest absolute Gasteiger partial charge is 0.248 e. The molecular weight excluding hydrogens is 244 g/mol. The van der Waals surface area contributed by atoms with Gasteiger partial charge in [0.1, 0.15) is 0 Å². The number of allylic oxidation sites excluding steroid dienone is 3. The van der Waals surface area contributed by atoms with Crippen molar-refractivity contribution in [3.63, 3.8) is 0 Å². The average molecular weight is 256 g/mol. The molecular formula is C18H12N2. The maximum absolute atomic E-state index is 4.78. The molecule has 0 aromatic heterocycles. The van der Waals surface area contributed by atoms with E-state index < -0.39 is 0 Å². The van der Waals surface area contributed by atoms with Gasteiger partial charge in [-0.25, -0.2) is 9.98 Å². The molecule has 1 aliphatic carbocycles. The molecule has 0 saturated heterocycles. The van der Waals surface area contributed by atoms with Gasteiger partial charge in [0.15, 0.2) is 0 Å². The molecule has 0 amide bonds. The van der Waals surface area contributed by atoms with Crippen LogP contribution in [0.5, 0.6) is 0 Å². The first-order chi connectivity index (χ1) is 9.92. The lowest BCUT2D eigenvalue weighted by Gasteiger charge is -2.11. The first-order valence-electron chi connectivity index (χ1n) is 7.02. The van der Waals surface area contributed by atoms with E-state index in [-0.39, 0.29) is 0 Å². The SMILES string of the molecule is C1=CC2=C(CC1)c1c3c(ccc1=N2)=Nc1ccccc1-3. The van der Waals surface area contributed by atoms with Crippen LogP contribution < -0.4 is 10.7 Å². The second kappa shape index (κ2) is 3.54. The standard InChI is InChI=1S/C18H12N2/c1-3-7-13-11(5-1)17-15(19-13)9-10-16-18(17)12-6-2-4-8-14(12)20-16/h1,3-5,7-10H,2,6H2. The first-order valence-corrected chi connectivity index (χ1v) is 7.02. The number of benzene rings is 2. The van der Waals surface area contributed by atoms with Crippen LogP contribution in [0.25, 0.3) is 16.7 Å². The molecule has 0 atom stereocenters. The second-order valence-electron chi connectivity index (χ2n) is 5.40. The van der Waals surface area contributed by atoms with Crippen molar-refractivity contribution in [1.82, 2.24) is 0 Å². The number of para-hydroxylation sites is 1. The lowest BCUT2D eigenvalue weighted by atomic mass is 9.90. The summed E-state index contributed by atoms with van der Waals surface area (Å²) < 4.78 is 0. The molecule has 2 heteroatoms. The van der Waals surface area contributed by atoms with E-state index >= 15 is 0 Å². The van der Waals surface area contributed by atoms with E-state index in [1.807, 2.05) is 6.07 Å². The van der Waals surface area contributed by atoms with Crippen LogP contribution in [0, 0.1) is 0 Å². The maximum Gasteiger partial charge on any atom is 0.0724 e. The lowest BCUT2D eigenvalue weighted by molar-refractivity contribution is 1.04. The monoisotopic (exact) mass is 256 g/mol. The fourth-order valence-electron chi connectivity index (χ4n) is 3.40. The summed E-state index contributed by atoms with van der Waals surface area (Å²) in [6.07, 6.45) is 6.56. The Morgan fingerprint density at radius 2 is 1.70 bits per heavy atom. The number of rotatable bonds is 0. The van der Waals surface area contributed by atoms with Gasteiger partial charge in [-0.3, -0.25) is 0 Å². The molecule has 2 aromatic rings. The first kappa shape index (κ1) is 10.3. The molecule has 2 nitrogen and oxygen atoms in total. The number of hydrogen-bond acceptors (Lipinski definition) is 2. The van der Waals surface area contributed by atoms with Crippen molar-refractivity contribution in [3.8, 4) is 11.1 Å². The van der Waals surface area contributed by atoms with E-state index in [4.69, 9.17) is 9.98 Å². The number of fused-ring (bicyclic) bond motifs is 6. The number of nitrogens with zero attached hydrogens (tertiary/aromatic N) is 2. The van der Waals surface area contributed by atoms with Crippen molar-refractivity contribution < 1.29 is 0 Å². The molecule has 5 rings (SSSR count). The Morgan fingerprint density at radius 1 is 0.850 bits per heavy atom. The molecule has 0 fully saturated rings. The van der Waals surface area contributed by atoms with Gasteiger partial charge in [0.05, 0.1) is 22.1 Å². The summed E-state index contributed by atoms with van der Waals surface area (Å²) in [5, 5.41) is 2.19. The normalized spacial score (nSPS) is 17.0. The van der Waals surface area contributed by atoms with Crippen LogP contribution in [0.3, 0.4) is 0 Å². The van der Waals surface area contributed by atoms with Crippen LogP contribution in [-0.4, -0.2) is 0 Å². The minimum atomic E-state index is 1.08. The molecule has 2 aliphatic heterocycles. The highest BCUT2D eigenvalue weighted by Crippen LogP contribution is 2.40. The molecule has 0 N–H and O–H groups in total. The third-order valence-electron chi connectivity index (χ3n) is 4.26. The molecule has 2 aromatic carbocycles. The van der Waals surface area contributed by atoms with Crippen molar-refractivity contribution in [2.75, 3.05) is 0 Å². The zero-order valence-corrected chi connectivity index (χ0v) is 10.9. The molecule has 3 aliphatic rings. The Morgan fingerprint density at radius 3 is 2.65 bits per heavy atom. The third-order valence-corrected chi connectivity index (χ3v) is 4.26. The smallest absolute Gasteiger partial charge is 0.0724 e. The molecule has 0 radical (unpaired) electrons. The van der Waals surface area contributed by atoms with Crippen LogP contribution in [0.2, 0.25) is 0 Å². The van der Waals surface area contributed by atoms with Gasteiger partial charge in [0, 0.05) is 16.7 Å². The van der Waals surface area contributed by atoms with Crippen molar-refractivity contribution in [1.29, 1.82) is 0 Å². The highest BCUT2D eigenvalue weighted by Gasteiger charge is 2.25.